The summed E-state index contributed by atoms with van der Waals surface area (Å²) in [5.41, 5.74) is 2.34. The van der Waals surface area contributed by atoms with E-state index in [2.05, 4.69) is 23.3 Å². The zero-order chi connectivity index (χ0) is 13.5. The molecule has 1 N–H and O–H groups in total. The lowest BCUT2D eigenvalue weighted by Crippen LogP contribution is -2.18. The largest absolute Gasteiger partial charge is 0.493 e. The van der Waals surface area contributed by atoms with E-state index in [0.717, 1.165) is 24.3 Å². The zero-order valence-electron chi connectivity index (χ0n) is 11.5. The molecule has 100 valence electrons. The third-order valence-corrected chi connectivity index (χ3v) is 3.02. The van der Waals surface area contributed by atoms with Crippen molar-refractivity contribution >= 4 is 0 Å². The van der Waals surface area contributed by atoms with E-state index in [1.165, 1.54) is 5.56 Å². The van der Waals surface area contributed by atoms with Crippen LogP contribution in [0.25, 0.3) is 0 Å². The van der Waals surface area contributed by atoms with Crippen LogP contribution in [0.1, 0.15) is 30.5 Å². The summed E-state index contributed by atoms with van der Waals surface area (Å²) in [6.45, 7) is 2.85. The summed E-state index contributed by atoms with van der Waals surface area (Å²) in [6.07, 6.45) is 4.64. The van der Waals surface area contributed by atoms with Crippen molar-refractivity contribution in [3.63, 3.8) is 0 Å². The van der Waals surface area contributed by atoms with E-state index in [4.69, 9.17) is 4.74 Å². The summed E-state index contributed by atoms with van der Waals surface area (Å²) in [7, 11) is 1.96. The maximum Gasteiger partial charge on any atom is 0.124 e. The molecule has 19 heavy (non-hydrogen) atoms. The van der Waals surface area contributed by atoms with Crippen LogP contribution in [0.3, 0.4) is 0 Å². The van der Waals surface area contributed by atoms with Gasteiger partial charge < -0.3 is 10.1 Å². The number of aromatic nitrogens is 1. The van der Waals surface area contributed by atoms with Crippen molar-refractivity contribution in [2.24, 2.45) is 0 Å². The van der Waals surface area contributed by atoms with Gasteiger partial charge in [-0.05, 0) is 37.2 Å². The third-order valence-electron chi connectivity index (χ3n) is 3.02. The number of ether oxygens (including phenoxy) is 1. The minimum atomic E-state index is 0.121. The lowest BCUT2D eigenvalue weighted by atomic mass is 9.99. The Hall–Kier alpha value is -1.87. The van der Waals surface area contributed by atoms with Crippen LogP contribution in [-0.4, -0.2) is 18.6 Å². The fourth-order valence-corrected chi connectivity index (χ4v) is 2.12. The van der Waals surface area contributed by atoms with Crippen LogP contribution in [0.4, 0.5) is 0 Å². The first kappa shape index (κ1) is 13.6. The van der Waals surface area contributed by atoms with E-state index in [1.54, 1.807) is 0 Å². The van der Waals surface area contributed by atoms with Gasteiger partial charge in [0.15, 0.2) is 0 Å². The molecule has 1 aromatic heterocycles. The van der Waals surface area contributed by atoms with Crippen molar-refractivity contribution in [2.75, 3.05) is 13.7 Å². The fourth-order valence-electron chi connectivity index (χ4n) is 2.12. The van der Waals surface area contributed by atoms with Gasteiger partial charge in [-0.3, -0.25) is 4.98 Å². The molecular weight excluding hydrogens is 236 g/mol. The molecule has 0 fully saturated rings. The monoisotopic (exact) mass is 256 g/mol. The second-order valence-corrected chi connectivity index (χ2v) is 4.39. The number of hydrogen-bond acceptors (Lipinski definition) is 3. The number of para-hydroxylation sites is 1. The van der Waals surface area contributed by atoms with Crippen LogP contribution in [0.15, 0.2) is 48.8 Å². The smallest absolute Gasteiger partial charge is 0.124 e. The molecule has 0 saturated carbocycles. The molecule has 0 radical (unpaired) electrons. The first-order valence-corrected chi connectivity index (χ1v) is 6.65. The Bertz CT molecular complexity index is 499. The average Bonchev–Trinajstić information content (AvgIpc) is 2.48. The summed E-state index contributed by atoms with van der Waals surface area (Å²) < 4.78 is 5.83. The molecule has 0 saturated heterocycles. The standard InChI is InChI=1S/C16H20N2O/c1-3-12-19-15-7-5-4-6-14(15)16(17-2)13-8-10-18-11-9-13/h4-11,16-17H,3,12H2,1-2H3. The molecular formula is C16H20N2O. The normalized spacial score (nSPS) is 12.1. The van der Waals surface area contributed by atoms with Crippen LogP contribution in [0.2, 0.25) is 0 Å². The third kappa shape index (κ3) is 3.32. The summed E-state index contributed by atoms with van der Waals surface area (Å²) in [5.74, 6) is 0.945. The molecule has 0 aliphatic rings. The van der Waals surface area contributed by atoms with Gasteiger partial charge in [0.1, 0.15) is 5.75 Å². The van der Waals surface area contributed by atoms with Crippen molar-refractivity contribution in [3.8, 4) is 5.75 Å². The van der Waals surface area contributed by atoms with Crippen molar-refractivity contribution in [1.29, 1.82) is 0 Å². The number of rotatable bonds is 6. The number of benzene rings is 1. The van der Waals surface area contributed by atoms with Crippen LogP contribution >= 0.6 is 0 Å². The first-order valence-electron chi connectivity index (χ1n) is 6.65. The lowest BCUT2D eigenvalue weighted by molar-refractivity contribution is 0.312. The molecule has 0 spiro atoms. The van der Waals surface area contributed by atoms with Crippen molar-refractivity contribution in [1.82, 2.24) is 10.3 Å². The average molecular weight is 256 g/mol. The molecule has 1 aromatic carbocycles. The van der Waals surface area contributed by atoms with Gasteiger partial charge >= 0.3 is 0 Å². The zero-order valence-corrected chi connectivity index (χ0v) is 11.5. The highest BCUT2D eigenvalue weighted by Crippen LogP contribution is 2.29. The van der Waals surface area contributed by atoms with Gasteiger partial charge in [0, 0.05) is 18.0 Å². The highest BCUT2D eigenvalue weighted by Gasteiger charge is 2.15. The maximum absolute atomic E-state index is 5.83. The Morgan fingerprint density at radius 1 is 1.16 bits per heavy atom. The fraction of sp³-hybridized carbons (Fsp3) is 0.312. The molecule has 0 aliphatic heterocycles. The van der Waals surface area contributed by atoms with Crippen molar-refractivity contribution in [2.45, 2.75) is 19.4 Å². The lowest BCUT2D eigenvalue weighted by Gasteiger charge is -2.20. The van der Waals surface area contributed by atoms with Gasteiger partial charge in [-0.25, -0.2) is 0 Å². The second-order valence-electron chi connectivity index (χ2n) is 4.39. The van der Waals surface area contributed by atoms with E-state index in [1.807, 2.05) is 49.8 Å². The Balaban J connectivity index is 2.33. The molecule has 0 amide bonds. The molecule has 0 bridgehead atoms. The summed E-state index contributed by atoms with van der Waals surface area (Å²) in [5, 5.41) is 3.34. The second kappa shape index (κ2) is 6.90. The molecule has 1 heterocycles. The van der Waals surface area contributed by atoms with E-state index < -0.39 is 0 Å². The molecule has 2 rings (SSSR count). The van der Waals surface area contributed by atoms with Gasteiger partial charge in [-0.15, -0.1) is 0 Å². The highest BCUT2D eigenvalue weighted by molar-refractivity contribution is 5.41. The van der Waals surface area contributed by atoms with Gasteiger partial charge in [0.25, 0.3) is 0 Å². The Kier molecular flexibility index (Phi) is 4.93. The predicted octanol–water partition coefficient (Wildman–Crippen LogP) is 3.18. The van der Waals surface area contributed by atoms with Crippen LogP contribution in [0, 0.1) is 0 Å². The van der Waals surface area contributed by atoms with Crippen LogP contribution in [0.5, 0.6) is 5.75 Å². The van der Waals surface area contributed by atoms with Crippen molar-refractivity contribution in [3.05, 3.63) is 59.9 Å². The molecule has 0 aliphatic carbocycles. The number of nitrogens with zero attached hydrogens (tertiary/aromatic N) is 1. The van der Waals surface area contributed by atoms with Gasteiger partial charge in [0.05, 0.1) is 12.6 Å². The summed E-state index contributed by atoms with van der Waals surface area (Å²) >= 11 is 0. The minimum Gasteiger partial charge on any atom is -0.493 e. The summed E-state index contributed by atoms with van der Waals surface area (Å²) in [6, 6.07) is 12.3. The topological polar surface area (TPSA) is 34.1 Å². The number of nitrogens with one attached hydrogen (secondary N) is 1. The van der Waals surface area contributed by atoms with Crippen molar-refractivity contribution < 1.29 is 4.74 Å². The number of pyridine rings is 1. The van der Waals surface area contributed by atoms with E-state index in [9.17, 15) is 0 Å². The molecule has 1 atom stereocenters. The van der Waals surface area contributed by atoms with Gasteiger partial charge in [0.2, 0.25) is 0 Å². The quantitative estimate of drug-likeness (QED) is 0.862. The maximum atomic E-state index is 5.83. The first-order chi connectivity index (χ1) is 9.36. The molecule has 1 unspecified atom stereocenters. The molecule has 2 aromatic rings. The van der Waals surface area contributed by atoms with E-state index in [0.29, 0.717) is 0 Å². The minimum absolute atomic E-state index is 0.121. The van der Waals surface area contributed by atoms with Gasteiger partial charge in [-0.1, -0.05) is 25.1 Å². The highest BCUT2D eigenvalue weighted by atomic mass is 16.5. The van der Waals surface area contributed by atoms with Gasteiger partial charge in [-0.2, -0.15) is 0 Å². The Morgan fingerprint density at radius 2 is 1.89 bits per heavy atom. The van der Waals surface area contributed by atoms with E-state index >= 15 is 0 Å². The van der Waals surface area contributed by atoms with Crippen LogP contribution in [-0.2, 0) is 0 Å². The van der Waals surface area contributed by atoms with E-state index in [-0.39, 0.29) is 6.04 Å². The van der Waals surface area contributed by atoms with Crippen LogP contribution < -0.4 is 10.1 Å². The Morgan fingerprint density at radius 3 is 2.58 bits per heavy atom. The predicted molar refractivity (Wildman–Crippen MR) is 77.4 cm³/mol. The summed E-state index contributed by atoms with van der Waals surface area (Å²) in [4.78, 5) is 4.07. The number of hydrogen-bond donors (Lipinski definition) is 1. The molecule has 3 heteroatoms. The SMILES string of the molecule is CCCOc1ccccc1C(NC)c1ccncc1. The molecule has 3 nitrogen and oxygen atoms in total. The Labute approximate surface area is 114 Å².